The lowest BCUT2D eigenvalue weighted by Crippen LogP contribution is -2.35. The fourth-order valence-corrected chi connectivity index (χ4v) is 1.23. The molecule has 1 aliphatic carbocycles. The van der Waals surface area contributed by atoms with Crippen LogP contribution in [-0.4, -0.2) is 23.2 Å². The highest BCUT2D eigenvalue weighted by atomic mass is 16.7. The van der Waals surface area contributed by atoms with Crippen molar-refractivity contribution < 1.29 is 14.7 Å². The van der Waals surface area contributed by atoms with E-state index in [1.165, 1.54) is 6.92 Å². The maximum atomic E-state index is 10.8. The van der Waals surface area contributed by atoms with Crippen LogP contribution in [-0.2, 0) is 9.63 Å². The largest absolute Gasteiger partial charge is 0.383 e. The topological polar surface area (TPSA) is 58.6 Å². The zero-order valence-corrected chi connectivity index (χ0v) is 7.25. The fraction of sp³-hybridized carbons (Fsp3) is 0.875. The molecule has 0 spiro atoms. The molecule has 0 aromatic rings. The highest BCUT2D eigenvalue weighted by Crippen LogP contribution is 2.19. The summed E-state index contributed by atoms with van der Waals surface area (Å²) in [5, 5.41) is 8.80. The van der Waals surface area contributed by atoms with Crippen molar-refractivity contribution in [1.29, 1.82) is 0 Å². The van der Waals surface area contributed by atoms with Gasteiger partial charge < -0.3 is 5.11 Å². The van der Waals surface area contributed by atoms with Gasteiger partial charge in [0.1, 0.15) is 6.10 Å². The molecule has 1 rings (SSSR count). The standard InChI is InChI=1S/C8H15NO3/c1-6(10)8(11)9-12-7-4-2-3-5-7/h6-7,10H,2-5H2,1H3,(H,9,11)/t6-/m0/s1. The van der Waals surface area contributed by atoms with Gasteiger partial charge in [0, 0.05) is 0 Å². The second-order valence-corrected chi connectivity index (χ2v) is 3.17. The summed E-state index contributed by atoms with van der Waals surface area (Å²) >= 11 is 0. The Morgan fingerprint density at radius 2 is 2.17 bits per heavy atom. The van der Waals surface area contributed by atoms with Gasteiger partial charge in [-0.05, 0) is 19.8 Å². The van der Waals surface area contributed by atoms with Crippen molar-refractivity contribution in [2.75, 3.05) is 0 Å². The number of amides is 1. The number of nitrogens with one attached hydrogen (secondary N) is 1. The minimum absolute atomic E-state index is 0.146. The number of hydroxylamine groups is 1. The number of carbonyl (C=O) groups excluding carboxylic acids is 1. The van der Waals surface area contributed by atoms with Gasteiger partial charge in [-0.1, -0.05) is 12.8 Å². The van der Waals surface area contributed by atoms with Crippen LogP contribution in [0.25, 0.3) is 0 Å². The first-order valence-electron chi connectivity index (χ1n) is 4.33. The third-order valence-electron chi connectivity index (χ3n) is 2.01. The van der Waals surface area contributed by atoms with Gasteiger partial charge in [0.2, 0.25) is 0 Å². The number of rotatable bonds is 3. The molecule has 0 aromatic carbocycles. The van der Waals surface area contributed by atoms with E-state index in [1.54, 1.807) is 0 Å². The maximum absolute atomic E-state index is 10.8. The molecule has 0 unspecified atom stereocenters. The number of carbonyl (C=O) groups is 1. The van der Waals surface area contributed by atoms with E-state index in [1.807, 2.05) is 0 Å². The SMILES string of the molecule is C[C@H](O)C(=O)NOC1CCCC1. The van der Waals surface area contributed by atoms with Crippen molar-refractivity contribution in [1.82, 2.24) is 5.48 Å². The van der Waals surface area contributed by atoms with Gasteiger partial charge in [-0.3, -0.25) is 9.63 Å². The first kappa shape index (κ1) is 9.48. The number of hydrogen-bond donors (Lipinski definition) is 2. The van der Waals surface area contributed by atoms with Gasteiger partial charge in [0.25, 0.3) is 5.91 Å². The molecule has 1 saturated carbocycles. The summed E-state index contributed by atoms with van der Waals surface area (Å²) in [6.07, 6.45) is 3.48. The summed E-state index contributed by atoms with van der Waals surface area (Å²) in [7, 11) is 0. The second-order valence-electron chi connectivity index (χ2n) is 3.17. The average Bonchev–Trinajstić information content (AvgIpc) is 2.51. The van der Waals surface area contributed by atoms with E-state index in [4.69, 9.17) is 9.94 Å². The summed E-state index contributed by atoms with van der Waals surface area (Å²) in [6.45, 7) is 1.41. The molecule has 12 heavy (non-hydrogen) atoms. The van der Waals surface area contributed by atoms with E-state index in [9.17, 15) is 4.79 Å². The zero-order chi connectivity index (χ0) is 8.97. The van der Waals surface area contributed by atoms with Crippen LogP contribution in [0.5, 0.6) is 0 Å². The molecule has 1 fully saturated rings. The summed E-state index contributed by atoms with van der Waals surface area (Å²) in [4.78, 5) is 15.9. The minimum Gasteiger partial charge on any atom is -0.383 e. The van der Waals surface area contributed by atoms with Crippen LogP contribution in [0, 0.1) is 0 Å². The monoisotopic (exact) mass is 173 g/mol. The highest BCUT2D eigenvalue weighted by Gasteiger charge is 2.17. The van der Waals surface area contributed by atoms with Crippen LogP contribution < -0.4 is 5.48 Å². The van der Waals surface area contributed by atoms with Crippen molar-refractivity contribution in [3.63, 3.8) is 0 Å². The number of aliphatic hydroxyl groups excluding tert-OH is 1. The Kier molecular flexibility index (Phi) is 3.49. The number of aliphatic hydroxyl groups is 1. The van der Waals surface area contributed by atoms with Crippen LogP contribution in [0.2, 0.25) is 0 Å². The smallest absolute Gasteiger partial charge is 0.272 e. The third-order valence-corrected chi connectivity index (χ3v) is 2.01. The van der Waals surface area contributed by atoms with Crippen LogP contribution in [0.3, 0.4) is 0 Å². The van der Waals surface area contributed by atoms with E-state index in [0.717, 1.165) is 25.7 Å². The van der Waals surface area contributed by atoms with E-state index in [2.05, 4.69) is 5.48 Å². The molecular formula is C8H15NO3. The predicted molar refractivity (Wildman–Crippen MR) is 43.2 cm³/mol. The normalized spacial score (nSPS) is 20.8. The van der Waals surface area contributed by atoms with Crippen molar-refractivity contribution >= 4 is 5.91 Å². The lowest BCUT2D eigenvalue weighted by atomic mass is 10.3. The van der Waals surface area contributed by atoms with Crippen LogP contribution in [0.4, 0.5) is 0 Å². The predicted octanol–water partition coefficient (Wildman–Crippen LogP) is 0.358. The molecule has 0 bridgehead atoms. The quantitative estimate of drug-likeness (QED) is 0.606. The summed E-state index contributed by atoms with van der Waals surface area (Å²) in [5.41, 5.74) is 2.24. The van der Waals surface area contributed by atoms with E-state index < -0.39 is 12.0 Å². The van der Waals surface area contributed by atoms with Crippen molar-refractivity contribution in [3.8, 4) is 0 Å². The molecule has 70 valence electrons. The fourth-order valence-electron chi connectivity index (χ4n) is 1.23. The molecule has 4 heteroatoms. The van der Waals surface area contributed by atoms with Gasteiger partial charge in [0.15, 0.2) is 0 Å². The van der Waals surface area contributed by atoms with Gasteiger partial charge in [-0.15, -0.1) is 0 Å². The van der Waals surface area contributed by atoms with E-state index >= 15 is 0 Å². The Hall–Kier alpha value is -0.610. The summed E-state index contributed by atoms with van der Waals surface area (Å²) in [6, 6.07) is 0. The van der Waals surface area contributed by atoms with Gasteiger partial charge >= 0.3 is 0 Å². The highest BCUT2D eigenvalue weighted by molar-refractivity contribution is 5.78. The minimum atomic E-state index is -0.994. The summed E-state index contributed by atoms with van der Waals surface area (Å²) in [5.74, 6) is -0.470. The molecule has 0 saturated heterocycles. The molecule has 0 aliphatic heterocycles. The average molecular weight is 173 g/mol. The molecule has 2 N–H and O–H groups in total. The van der Waals surface area contributed by atoms with Crippen molar-refractivity contribution in [2.45, 2.75) is 44.8 Å². The zero-order valence-electron chi connectivity index (χ0n) is 7.25. The van der Waals surface area contributed by atoms with Crippen LogP contribution in [0.15, 0.2) is 0 Å². The molecular weight excluding hydrogens is 158 g/mol. The Morgan fingerprint density at radius 1 is 1.58 bits per heavy atom. The molecule has 1 aliphatic rings. The first-order valence-corrected chi connectivity index (χ1v) is 4.33. The Balaban J connectivity index is 2.12. The molecule has 0 radical (unpaired) electrons. The molecule has 0 heterocycles. The number of hydrogen-bond acceptors (Lipinski definition) is 3. The Labute approximate surface area is 71.9 Å². The summed E-state index contributed by atoms with van der Waals surface area (Å²) < 4.78 is 0. The molecule has 1 amide bonds. The molecule has 1 atom stereocenters. The Morgan fingerprint density at radius 3 is 2.67 bits per heavy atom. The van der Waals surface area contributed by atoms with Crippen molar-refractivity contribution in [2.24, 2.45) is 0 Å². The van der Waals surface area contributed by atoms with Crippen molar-refractivity contribution in [3.05, 3.63) is 0 Å². The third kappa shape index (κ3) is 2.79. The molecule has 4 nitrogen and oxygen atoms in total. The molecule has 0 aromatic heterocycles. The lowest BCUT2D eigenvalue weighted by molar-refractivity contribution is -0.145. The van der Waals surface area contributed by atoms with Crippen LogP contribution >= 0.6 is 0 Å². The lowest BCUT2D eigenvalue weighted by Gasteiger charge is -2.11. The second kappa shape index (κ2) is 4.42. The first-order chi connectivity index (χ1) is 5.70. The van der Waals surface area contributed by atoms with E-state index in [0.29, 0.717) is 0 Å². The maximum Gasteiger partial charge on any atom is 0.272 e. The van der Waals surface area contributed by atoms with Gasteiger partial charge in [-0.2, -0.15) is 0 Å². The van der Waals surface area contributed by atoms with Gasteiger partial charge in [-0.25, -0.2) is 5.48 Å². The van der Waals surface area contributed by atoms with Crippen LogP contribution in [0.1, 0.15) is 32.6 Å². The van der Waals surface area contributed by atoms with Gasteiger partial charge in [0.05, 0.1) is 6.10 Å². The van der Waals surface area contributed by atoms with E-state index in [-0.39, 0.29) is 6.10 Å². The Bertz CT molecular complexity index is 152.